The van der Waals surface area contributed by atoms with E-state index in [1.807, 2.05) is 26.0 Å². The SMILES string of the molecule is COc1ccc(NC(=O)c2ccc(C)c(S(=O)(=O)Nc3cc(C)ccc3C)c2)cc1OC. The molecule has 0 saturated carbocycles. The summed E-state index contributed by atoms with van der Waals surface area (Å²) in [4.78, 5) is 12.9. The van der Waals surface area contributed by atoms with Crippen LogP contribution in [0.1, 0.15) is 27.0 Å². The highest BCUT2D eigenvalue weighted by Crippen LogP contribution is 2.30. The van der Waals surface area contributed by atoms with Crippen LogP contribution in [-0.2, 0) is 10.0 Å². The van der Waals surface area contributed by atoms with Crippen LogP contribution >= 0.6 is 0 Å². The van der Waals surface area contributed by atoms with Crippen molar-refractivity contribution in [2.75, 3.05) is 24.3 Å². The molecule has 0 radical (unpaired) electrons. The van der Waals surface area contributed by atoms with E-state index in [0.717, 1.165) is 11.1 Å². The Morgan fingerprint density at radius 1 is 0.812 bits per heavy atom. The molecule has 0 aliphatic heterocycles. The summed E-state index contributed by atoms with van der Waals surface area (Å²) in [6, 6.07) is 15.1. The molecule has 3 aromatic carbocycles. The van der Waals surface area contributed by atoms with Gasteiger partial charge in [-0.2, -0.15) is 0 Å². The molecule has 0 fully saturated rings. The van der Waals surface area contributed by atoms with Crippen molar-refractivity contribution in [1.82, 2.24) is 0 Å². The van der Waals surface area contributed by atoms with E-state index < -0.39 is 15.9 Å². The van der Waals surface area contributed by atoms with Crippen molar-refractivity contribution in [2.24, 2.45) is 0 Å². The minimum absolute atomic E-state index is 0.0402. The third kappa shape index (κ3) is 5.03. The standard InChI is InChI=1S/C24H26N2O5S/c1-15-6-7-16(2)20(12-15)26-32(28,29)23-13-18(9-8-17(23)3)24(27)25-19-10-11-21(30-4)22(14-19)31-5/h6-14,26H,1-5H3,(H,25,27). The summed E-state index contributed by atoms with van der Waals surface area (Å²) in [6.07, 6.45) is 0. The van der Waals surface area contributed by atoms with Crippen molar-refractivity contribution in [3.63, 3.8) is 0 Å². The first kappa shape index (κ1) is 23.1. The maximum atomic E-state index is 13.1. The highest BCUT2D eigenvalue weighted by atomic mass is 32.2. The van der Waals surface area contributed by atoms with Gasteiger partial charge in [0.05, 0.1) is 24.8 Å². The highest BCUT2D eigenvalue weighted by molar-refractivity contribution is 7.92. The first-order chi connectivity index (χ1) is 15.1. The van der Waals surface area contributed by atoms with Crippen LogP contribution in [0.15, 0.2) is 59.5 Å². The van der Waals surface area contributed by atoms with Gasteiger partial charge in [0, 0.05) is 17.3 Å². The molecule has 0 spiro atoms. The zero-order valence-corrected chi connectivity index (χ0v) is 19.5. The second-order valence-corrected chi connectivity index (χ2v) is 9.08. The van der Waals surface area contributed by atoms with Crippen molar-refractivity contribution in [2.45, 2.75) is 25.7 Å². The highest BCUT2D eigenvalue weighted by Gasteiger charge is 2.20. The second kappa shape index (κ2) is 9.32. The van der Waals surface area contributed by atoms with Crippen LogP contribution in [0.25, 0.3) is 0 Å². The van der Waals surface area contributed by atoms with E-state index in [9.17, 15) is 13.2 Å². The number of nitrogens with one attached hydrogen (secondary N) is 2. The van der Waals surface area contributed by atoms with E-state index >= 15 is 0 Å². The summed E-state index contributed by atoms with van der Waals surface area (Å²) in [5.74, 6) is 0.558. The zero-order chi connectivity index (χ0) is 23.5. The molecule has 8 heteroatoms. The lowest BCUT2D eigenvalue weighted by atomic mass is 10.1. The fourth-order valence-electron chi connectivity index (χ4n) is 3.19. The first-order valence-electron chi connectivity index (χ1n) is 9.88. The lowest BCUT2D eigenvalue weighted by molar-refractivity contribution is 0.102. The number of methoxy groups -OCH3 is 2. The van der Waals surface area contributed by atoms with Crippen molar-refractivity contribution in [3.8, 4) is 11.5 Å². The Labute approximate surface area is 188 Å². The molecule has 0 unspecified atom stereocenters. The van der Waals surface area contributed by atoms with E-state index in [2.05, 4.69) is 10.0 Å². The molecule has 0 heterocycles. The fourth-order valence-corrected chi connectivity index (χ4v) is 4.59. The van der Waals surface area contributed by atoms with Crippen LogP contribution in [0.2, 0.25) is 0 Å². The molecule has 3 rings (SSSR count). The quantitative estimate of drug-likeness (QED) is 0.541. The van der Waals surface area contributed by atoms with Crippen molar-refractivity contribution in [3.05, 3.63) is 76.9 Å². The van der Waals surface area contributed by atoms with Gasteiger partial charge in [0.25, 0.3) is 15.9 Å². The van der Waals surface area contributed by atoms with Crippen LogP contribution in [0.5, 0.6) is 11.5 Å². The van der Waals surface area contributed by atoms with E-state index in [-0.39, 0.29) is 10.5 Å². The molecule has 1 amide bonds. The van der Waals surface area contributed by atoms with Gasteiger partial charge in [0.1, 0.15) is 0 Å². The molecule has 3 aromatic rings. The van der Waals surface area contributed by atoms with Gasteiger partial charge in [-0.15, -0.1) is 0 Å². The average Bonchev–Trinajstić information content (AvgIpc) is 2.76. The summed E-state index contributed by atoms with van der Waals surface area (Å²) in [7, 11) is -0.870. The summed E-state index contributed by atoms with van der Waals surface area (Å²) >= 11 is 0. The fraction of sp³-hybridized carbons (Fsp3) is 0.208. The van der Waals surface area contributed by atoms with Crippen LogP contribution < -0.4 is 19.5 Å². The first-order valence-corrected chi connectivity index (χ1v) is 11.4. The molecule has 0 aliphatic rings. The van der Waals surface area contributed by atoms with Crippen LogP contribution in [0.3, 0.4) is 0 Å². The molecule has 0 aliphatic carbocycles. The van der Waals surface area contributed by atoms with Crippen molar-refractivity contribution in [1.29, 1.82) is 0 Å². The number of aryl methyl sites for hydroxylation is 3. The van der Waals surface area contributed by atoms with Gasteiger partial charge in [0.2, 0.25) is 0 Å². The number of anilines is 2. The van der Waals surface area contributed by atoms with Gasteiger partial charge in [0.15, 0.2) is 11.5 Å². The Hall–Kier alpha value is -3.52. The molecule has 0 atom stereocenters. The van der Waals surface area contributed by atoms with Crippen LogP contribution in [0.4, 0.5) is 11.4 Å². The molecule has 0 aromatic heterocycles. The lowest BCUT2D eigenvalue weighted by Crippen LogP contribution is -2.17. The predicted octanol–water partition coefficient (Wildman–Crippen LogP) is 4.68. The second-order valence-electron chi connectivity index (χ2n) is 7.43. The van der Waals surface area contributed by atoms with Crippen molar-refractivity contribution < 1.29 is 22.7 Å². The van der Waals surface area contributed by atoms with E-state index in [1.165, 1.54) is 20.3 Å². The van der Waals surface area contributed by atoms with Gasteiger partial charge in [-0.25, -0.2) is 8.42 Å². The third-order valence-corrected chi connectivity index (χ3v) is 6.53. The molecule has 168 valence electrons. The Balaban J connectivity index is 1.89. The molecule has 0 saturated heterocycles. The Morgan fingerprint density at radius 2 is 1.50 bits per heavy atom. The largest absolute Gasteiger partial charge is 0.493 e. The summed E-state index contributed by atoms with van der Waals surface area (Å²) < 4.78 is 39.3. The summed E-state index contributed by atoms with van der Waals surface area (Å²) in [5.41, 5.74) is 3.49. The van der Waals surface area contributed by atoms with Gasteiger partial charge >= 0.3 is 0 Å². The maximum Gasteiger partial charge on any atom is 0.262 e. The minimum atomic E-state index is -3.90. The summed E-state index contributed by atoms with van der Waals surface area (Å²) in [6.45, 7) is 5.41. The van der Waals surface area contributed by atoms with Gasteiger partial charge in [-0.3, -0.25) is 9.52 Å². The smallest absolute Gasteiger partial charge is 0.262 e. The van der Waals surface area contributed by atoms with Gasteiger partial charge < -0.3 is 14.8 Å². The number of rotatable bonds is 7. The van der Waals surface area contributed by atoms with Crippen molar-refractivity contribution >= 4 is 27.3 Å². The topological polar surface area (TPSA) is 93.7 Å². The molecule has 7 nitrogen and oxygen atoms in total. The van der Waals surface area contributed by atoms with E-state index in [4.69, 9.17) is 9.47 Å². The van der Waals surface area contributed by atoms with Gasteiger partial charge in [-0.1, -0.05) is 18.2 Å². The molecular weight excluding hydrogens is 428 g/mol. The monoisotopic (exact) mass is 454 g/mol. The Morgan fingerprint density at radius 3 is 2.19 bits per heavy atom. The number of amides is 1. The van der Waals surface area contributed by atoms with Gasteiger partial charge in [-0.05, 0) is 67.8 Å². The lowest BCUT2D eigenvalue weighted by Gasteiger charge is -2.14. The summed E-state index contributed by atoms with van der Waals surface area (Å²) in [5, 5.41) is 2.76. The number of sulfonamides is 1. The normalized spacial score (nSPS) is 11.0. The number of carbonyl (C=O) groups is 1. The Bertz CT molecular complexity index is 1270. The predicted molar refractivity (Wildman–Crippen MR) is 125 cm³/mol. The number of carbonyl (C=O) groups excluding carboxylic acids is 1. The average molecular weight is 455 g/mol. The third-order valence-electron chi connectivity index (χ3n) is 5.02. The molecule has 32 heavy (non-hydrogen) atoms. The minimum Gasteiger partial charge on any atom is -0.493 e. The molecule has 2 N–H and O–H groups in total. The number of benzene rings is 3. The zero-order valence-electron chi connectivity index (χ0n) is 18.6. The van der Waals surface area contributed by atoms with E-state index in [0.29, 0.717) is 28.4 Å². The number of hydrogen-bond donors (Lipinski definition) is 2. The molecule has 0 bridgehead atoms. The van der Waals surface area contributed by atoms with Crippen LogP contribution in [-0.4, -0.2) is 28.5 Å². The maximum absolute atomic E-state index is 13.1. The Kier molecular flexibility index (Phi) is 6.74. The number of hydrogen-bond acceptors (Lipinski definition) is 5. The van der Waals surface area contributed by atoms with E-state index in [1.54, 1.807) is 43.3 Å². The van der Waals surface area contributed by atoms with Crippen LogP contribution in [0, 0.1) is 20.8 Å². The molecular formula is C24H26N2O5S. The number of ether oxygens (including phenoxy) is 2.